The number of sulfonamides is 1. The quantitative estimate of drug-likeness (QED) is 0.794. The molecule has 2 rings (SSSR count). The van der Waals surface area contributed by atoms with Gasteiger partial charge in [0.25, 0.3) is 0 Å². The van der Waals surface area contributed by atoms with Gasteiger partial charge in [-0.15, -0.1) is 0 Å². The highest BCUT2D eigenvalue weighted by Gasteiger charge is 2.38. The molecule has 116 valence electrons. The van der Waals surface area contributed by atoms with E-state index < -0.39 is 22.0 Å². The molecule has 0 aromatic heterocycles. The number of amides is 1. The number of hydrogen-bond acceptors (Lipinski definition) is 5. The van der Waals surface area contributed by atoms with Gasteiger partial charge in [-0.3, -0.25) is 4.79 Å². The summed E-state index contributed by atoms with van der Waals surface area (Å²) in [6.07, 6.45) is 0. The van der Waals surface area contributed by atoms with Gasteiger partial charge < -0.3 is 15.8 Å². The highest BCUT2D eigenvalue weighted by molar-refractivity contribution is 7.89. The third-order valence-electron chi connectivity index (χ3n) is 3.24. The summed E-state index contributed by atoms with van der Waals surface area (Å²) in [4.78, 5) is 11.4. The minimum absolute atomic E-state index is 0.0393. The molecule has 1 aromatic carbocycles. The van der Waals surface area contributed by atoms with Crippen LogP contribution in [0.2, 0.25) is 5.02 Å². The van der Waals surface area contributed by atoms with Crippen molar-refractivity contribution in [1.82, 2.24) is 9.62 Å². The third kappa shape index (κ3) is 3.13. The van der Waals surface area contributed by atoms with E-state index in [9.17, 15) is 13.2 Å². The average Bonchev–Trinajstić information content (AvgIpc) is 2.46. The first-order valence-electron chi connectivity index (χ1n) is 6.23. The fraction of sp³-hybridized carbons (Fsp3) is 0.417. The molecule has 1 heterocycles. The Morgan fingerprint density at radius 3 is 2.86 bits per heavy atom. The molecule has 0 aliphatic carbocycles. The number of nitrogens with one attached hydrogen (secondary N) is 1. The van der Waals surface area contributed by atoms with Gasteiger partial charge in [0, 0.05) is 30.7 Å². The molecule has 0 bridgehead atoms. The minimum atomic E-state index is -3.91. The molecule has 0 radical (unpaired) electrons. The highest BCUT2D eigenvalue weighted by Crippen LogP contribution is 2.30. The Kier molecular flexibility index (Phi) is 4.72. The molecule has 1 fully saturated rings. The Bertz CT molecular complexity index is 650. The summed E-state index contributed by atoms with van der Waals surface area (Å²) in [6.45, 7) is 0.783. The van der Waals surface area contributed by atoms with Crippen LogP contribution in [-0.4, -0.2) is 51.4 Å². The van der Waals surface area contributed by atoms with Crippen LogP contribution in [0, 0.1) is 0 Å². The van der Waals surface area contributed by atoms with E-state index in [-0.39, 0.29) is 23.7 Å². The van der Waals surface area contributed by atoms with Crippen LogP contribution in [0.5, 0.6) is 5.75 Å². The van der Waals surface area contributed by atoms with Gasteiger partial charge in [0.05, 0.1) is 7.11 Å². The van der Waals surface area contributed by atoms with Crippen molar-refractivity contribution in [2.24, 2.45) is 5.73 Å². The van der Waals surface area contributed by atoms with E-state index in [0.29, 0.717) is 11.6 Å². The first-order chi connectivity index (χ1) is 9.87. The lowest BCUT2D eigenvalue weighted by Crippen LogP contribution is -2.58. The summed E-state index contributed by atoms with van der Waals surface area (Å²) in [5.74, 6) is -0.567. The molecule has 1 atom stereocenters. The summed E-state index contributed by atoms with van der Waals surface area (Å²) in [5.41, 5.74) is 5.29. The zero-order valence-electron chi connectivity index (χ0n) is 11.4. The van der Waals surface area contributed by atoms with Crippen molar-refractivity contribution in [1.29, 1.82) is 0 Å². The lowest BCUT2D eigenvalue weighted by Gasteiger charge is -2.33. The Hall–Kier alpha value is -1.35. The number of nitrogens with zero attached hydrogens (tertiary/aromatic N) is 1. The molecule has 1 amide bonds. The first-order valence-corrected chi connectivity index (χ1v) is 8.05. The standard InChI is InChI=1S/C12H16ClN3O4S/c1-20-10-6-8(13)2-3-11(10)21(18,19)16-5-4-15-7-9(16)12(14)17/h2-3,6,9,15H,4-5,7H2,1H3,(H2,14,17). The first kappa shape index (κ1) is 16.0. The molecular weight excluding hydrogens is 318 g/mol. The lowest BCUT2D eigenvalue weighted by molar-refractivity contribution is -0.122. The van der Waals surface area contributed by atoms with E-state index in [1.165, 1.54) is 25.3 Å². The number of ether oxygens (including phenoxy) is 1. The summed E-state index contributed by atoms with van der Waals surface area (Å²) < 4.78 is 31.7. The maximum Gasteiger partial charge on any atom is 0.247 e. The number of methoxy groups -OCH3 is 1. The molecule has 3 N–H and O–H groups in total. The molecule has 9 heteroatoms. The van der Waals surface area contributed by atoms with Crippen molar-refractivity contribution in [3.63, 3.8) is 0 Å². The number of nitrogens with two attached hydrogens (primary N) is 1. The Balaban J connectivity index is 2.48. The second-order valence-corrected chi connectivity index (χ2v) is 6.83. The van der Waals surface area contributed by atoms with Crippen molar-refractivity contribution in [3.8, 4) is 5.75 Å². The molecule has 1 aliphatic heterocycles. The second kappa shape index (κ2) is 6.18. The van der Waals surface area contributed by atoms with Crippen LogP contribution in [0.15, 0.2) is 23.1 Å². The Morgan fingerprint density at radius 1 is 1.52 bits per heavy atom. The van der Waals surface area contributed by atoms with Crippen LogP contribution < -0.4 is 15.8 Å². The van der Waals surface area contributed by atoms with Crippen LogP contribution in [0.4, 0.5) is 0 Å². The Labute approximate surface area is 128 Å². The van der Waals surface area contributed by atoms with Gasteiger partial charge in [-0.2, -0.15) is 4.31 Å². The van der Waals surface area contributed by atoms with Crippen molar-refractivity contribution >= 4 is 27.5 Å². The van der Waals surface area contributed by atoms with Gasteiger partial charge in [0.1, 0.15) is 16.7 Å². The molecule has 1 saturated heterocycles. The maximum atomic E-state index is 12.8. The normalized spacial score (nSPS) is 20.2. The van der Waals surface area contributed by atoms with E-state index in [4.69, 9.17) is 22.1 Å². The largest absolute Gasteiger partial charge is 0.495 e. The van der Waals surface area contributed by atoms with Gasteiger partial charge in [0.2, 0.25) is 15.9 Å². The van der Waals surface area contributed by atoms with Gasteiger partial charge in [-0.25, -0.2) is 8.42 Å². The van der Waals surface area contributed by atoms with Crippen molar-refractivity contribution in [2.75, 3.05) is 26.7 Å². The van der Waals surface area contributed by atoms with Crippen molar-refractivity contribution in [2.45, 2.75) is 10.9 Å². The highest BCUT2D eigenvalue weighted by atomic mass is 35.5. The van der Waals surface area contributed by atoms with Crippen molar-refractivity contribution < 1.29 is 17.9 Å². The van der Waals surface area contributed by atoms with Crippen LogP contribution in [0.3, 0.4) is 0 Å². The topological polar surface area (TPSA) is 102 Å². The molecule has 7 nitrogen and oxygen atoms in total. The number of carbonyl (C=O) groups is 1. The molecule has 1 aliphatic rings. The number of benzene rings is 1. The lowest BCUT2D eigenvalue weighted by atomic mass is 10.2. The number of carbonyl (C=O) groups excluding carboxylic acids is 1. The van der Waals surface area contributed by atoms with Crippen LogP contribution in [-0.2, 0) is 14.8 Å². The number of halogens is 1. The van der Waals surface area contributed by atoms with Gasteiger partial charge in [-0.1, -0.05) is 11.6 Å². The predicted molar refractivity (Wildman–Crippen MR) is 77.7 cm³/mol. The Morgan fingerprint density at radius 2 is 2.24 bits per heavy atom. The van der Waals surface area contributed by atoms with Crippen LogP contribution in [0.25, 0.3) is 0 Å². The van der Waals surface area contributed by atoms with Crippen molar-refractivity contribution in [3.05, 3.63) is 23.2 Å². The van der Waals surface area contributed by atoms with Gasteiger partial charge >= 0.3 is 0 Å². The van der Waals surface area contributed by atoms with E-state index >= 15 is 0 Å². The summed E-state index contributed by atoms with van der Waals surface area (Å²) in [5, 5.41) is 3.31. The fourth-order valence-electron chi connectivity index (χ4n) is 2.20. The molecule has 0 saturated carbocycles. The third-order valence-corrected chi connectivity index (χ3v) is 5.42. The monoisotopic (exact) mass is 333 g/mol. The predicted octanol–water partition coefficient (Wildman–Crippen LogP) is -0.204. The molecule has 1 unspecified atom stereocenters. The zero-order chi connectivity index (χ0) is 15.6. The van der Waals surface area contributed by atoms with Crippen LogP contribution in [0.1, 0.15) is 0 Å². The zero-order valence-corrected chi connectivity index (χ0v) is 12.9. The fourth-order valence-corrected chi connectivity index (χ4v) is 4.09. The summed E-state index contributed by atoms with van der Waals surface area (Å²) >= 11 is 5.84. The second-order valence-electron chi connectivity index (χ2n) is 4.53. The van der Waals surface area contributed by atoms with Crippen LogP contribution >= 0.6 is 11.6 Å². The smallest absolute Gasteiger partial charge is 0.247 e. The van der Waals surface area contributed by atoms with Gasteiger partial charge in [0.15, 0.2) is 0 Å². The van der Waals surface area contributed by atoms with Gasteiger partial charge in [-0.05, 0) is 12.1 Å². The SMILES string of the molecule is COc1cc(Cl)ccc1S(=O)(=O)N1CCNCC1C(N)=O. The molecular formula is C12H16ClN3O4S. The maximum absolute atomic E-state index is 12.8. The van der Waals surface area contributed by atoms with E-state index in [1.54, 1.807) is 0 Å². The molecule has 0 spiro atoms. The minimum Gasteiger partial charge on any atom is -0.495 e. The van der Waals surface area contributed by atoms with E-state index in [0.717, 1.165) is 4.31 Å². The molecule has 21 heavy (non-hydrogen) atoms. The summed E-state index contributed by atoms with van der Waals surface area (Å²) in [7, 11) is -2.55. The van der Waals surface area contributed by atoms with E-state index in [2.05, 4.69) is 5.32 Å². The van der Waals surface area contributed by atoms with E-state index in [1.807, 2.05) is 0 Å². The number of rotatable bonds is 4. The number of piperazine rings is 1. The summed E-state index contributed by atoms with van der Waals surface area (Å²) in [6, 6.07) is 3.30. The number of primary amides is 1. The average molecular weight is 334 g/mol. The number of hydrogen-bond donors (Lipinski definition) is 2. The molecule has 1 aromatic rings.